The molecule has 0 amide bonds. The zero-order valence-electron chi connectivity index (χ0n) is 10.4. The van der Waals surface area contributed by atoms with Gasteiger partial charge in [-0.25, -0.2) is 9.50 Å². The summed E-state index contributed by atoms with van der Waals surface area (Å²) in [6.07, 6.45) is 4.59. The Kier molecular flexibility index (Phi) is 2.51. The number of nitrogens with zero attached hydrogens (tertiary/aromatic N) is 3. The van der Waals surface area contributed by atoms with Crippen molar-refractivity contribution in [1.29, 1.82) is 0 Å². The van der Waals surface area contributed by atoms with Crippen LogP contribution < -0.4 is 5.32 Å². The second-order valence-electron chi connectivity index (χ2n) is 4.94. The number of benzene rings is 1. The molecule has 1 fully saturated rings. The van der Waals surface area contributed by atoms with Crippen LogP contribution in [0, 0.1) is 5.92 Å². The number of hydrogen-bond donors (Lipinski definition) is 1. The van der Waals surface area contributed by atoms with Crippen molar-refractivity contribution in [2.75, 3.05) is 11.9 Å². The van der Waals surface area contributed by atoms with Crippen molar-refractivity contribution in [2.24, 2.45) is 5.92 Å². The van der Waals surface area contributed by atoms with Crippen molar-refractivity contribution in [3.8, 4) is 11.3 Å². The number of aromatic nitrogens is 3. The first kappa shape index (κ1) is 11.0. The Labute approximate surface area is 115 Å². The lowest BCUT2D eigenvalue weighted by molar-refractivity contribution is 0.875. The van der Waals surface area contributed by atoms with Crippen LogP contribution in [0.1, 0.15) is 12.8 Å². The number of imidazole rings is 1. The standard InChI is InChI=1S/C14H14N4S/c1-2-4-11(5-3-1)12-9-16-14-18(12)17-13(19-14)15-8-10-6-7-10/h1-5,9-10H,6-8H2,(H,15,17). The summed E-state index contributed by atoms with van der Waals surface area (Å²) in [6.45, 7) is 1.04. The lowest BCUT2D eigenvalue weighted by atomic mass is 10.2. The van der Waals surface area contributed by atoms with E-state index >= 15 is 0 Å². The summed E-state index contributed by atoms with van der Waals surface area (Å²) in [4.78, 5) is 5.38. The largest absolute Gasteiger partial charge is 0.360 e. The maximum atomic E-state index is 4.61. The van der Waals surface area contributed by atoms with Gasteiger partial charge in [0.05, 0.1) is 11.9 Å². The lowest BCUT2D eigenvalue weighted by Gasteiger charge is -1.99. The first-order chi connectivity index (χ1) is 9.40. The number of fused-ring (bicyclic) bond motifs is 1. The molecule has 0 radical (unpaired) electrons. The second kappa shape index (κ2) is 4.35. The van der Waals surface area contributed by atoms with Gasteiger partial charge in [0.15, 0.2) is 0 Å². The summed E-state index contributed by atoms with van der Waals surface area (Å²) >= 11 is 1.61. The highest BCUT2D eigenvalue weighted by molar-refractivity contribution is 7.20. The molecule has 96 valence electrons. The van der Waals surface area contributed by atoms with Crippen LogP contribution >= 0.6 is 11.3 Å². The fraction of sp³-hybridized carbons (Fsp3) is 0.286. The Morgan fingerprint density at radius 2 is 2.11 bits per heavy atom. The summed E-state index contributed by atoms with van der Waals surface area (Å²) in [7, 11) is 0. The van der Waals surface area contributed by atoms with Gasteiger partial charge in [-0.15, -0.1) is 5.10 Å². The van der Waals surface area contributed by atoms with Crippen molar-refractivity contribution in [2.45, 2.75) is 12.8 Å². The van der Waals surface area contributed by atoms with Crippen molar-refractivity contribution in [1.82, 2.24) is 14.6 Å². The molecular formula is C14H14N4S. The quantitative estimate of drug-likeness (QED) is 0.791. The molecule has 0 aliphatic heterocycles. The monoisotopic (exact) mass is 270 g/mol. The van der Waals surface area contributed by atoms with Gasteiger partial charge in [-0.3, -0.25) is 0 Å². The van der Waals surface area contributed by atoms with Crippen molar-refractivity contribution in [3.63, 3.8) is 0 Å². The van der Waals surface area contributed by atoms with Crippen LogP contribution in [-0.2, 0) is 0 Å². The third kappa shape index (κ3) is 2.10. The molecule has 1 saturated carbocycles. The average Bonchev–Trinajstić information content (AvgIpc) is 3.06. The van der Waals surface area contributed by atoms with E-state index in [4.69, 9.17) is 0 Å². The second-order valence-corrected chi connectivity index (χ2v) is 5.89. The molecule has 2 aromatic heterocycles. The Morgan fingerprint density at radius 1 is 1.26 bits per heavy atom. The van der Waals surface area contributed by atoms with Crippen LogP contribution in [0.3, 0.4) is 0 Å². The van der Waals surface area contributed by atoms with Crippen LogP contribution in [0.15, 0.2) is 36.5 Å². The summed E-state index contributed by atoms with van der Waals surface area (Å²) in [6, 6.07) is 10.3. The minimum absolute atomic E-state index is 0.852. The van der Waals surface area contributed by atoms with E-state index < -0.39 is 0 Å². The molecule has 1 aliphatic rings. The Morgan fingerprint density at radius 3 is 2.89 bits per heavy atom. The average molecular weight is 270 g/mol. The molecule has 1 aliphatic carbocycles. The molecule has 1 N–H and O–H groups in total. The van der Waals surface area contributed by atoms with Crippen LogP contribution in [0.5, 0.6) is 0 Å². The third-order valence-electron chi connectivity index (χ3n) is 3.39. The number of anilines is 1. The van der Waals surface area contributed by atoms with Crippen LogP contribution in [0.25, 0.3) is 16.2 Å². The third-order valence-corrected chi connectivity index (χ3v) is 4.27. The fourth-order valence-electron chi connectivity index (χ4n) is 2.12. The molecule has 4 nitrogen and oxygen atoms in total. The SMILES string of the molecule is c1ccc(-c2cnc3sc(NCC4CC4)nn23)cc1. The van der Waals surface area contributed by atoms with Gasteiger partial charge in [-0.2, -0.15) is 0 Å². The van der Waals surface area contributed by atoms with Gasteiger partial charge >= 0.3 is 0 Å². The molecule has 0 atom stereocenters. The van der Waals surface area contributed by atoms with E-state index in [-0.39, 0.29) is 0 Å². The molecule has 0 unspecified atom stereocenters. The highest BCUT2D eigenvalue weighted by atomic mass is 32.1. The van der Waals surface area contributed by atoms with Gasteiger partial charge in [0, 0.05) is 12.1 Å². The first-order valence-electron chi connectivity index (χ1n) is 6.54. The molecule has 4 rings (SSSR count). The van der Waals surface area contributed by atoms with Gasteiger partial charge in [-0.05, 0) is 18.8 Å². The van der Waals surface area contributed by atoms with E-state index in [1.54, 1.807) is 11.3 Å². The number of rotatable bonds is 4. The van der Waals surface area contributed by atoms with E-state index in [1.165, 1.54) is 12.8 Å². The smallest absolute Gasteiger partial charge is 0.214 e. The van der Waals surface area contributed by atoms with Crippen LogP contribution in [-0.4, -0.2) is 21.1 Å². The van der Waals surface area contributed by atoms with E-state index in [0.29, 0.717) is 0 Å². The Bertz CT molecular complexity index is 697. The summed E-state index contributed by atoms with van der Waals surface area (Å²) in [5.41, 5.74) is 2.19. The Hall–Kier alpha value is -1.88. The molecule has 2 heterocycles. The number of hydrogen-bond acceptors (Lipinski definition) is 4. The van der Waals surface area contributed by atoms with Crippen molar-refractivity contribution in [3.05, 3.63) is 36.5 Å². The molecule has 1 aromatic carbocycles. The maximum absolute atomic E-state index is 4.61. The first-order valence-corrected chi connectivity index (χ1v) is 7.36. The topological polar surface area (TPSA) is 42.2 Å². The minimum Gasteiger partial charge on any atom is -0.360 e. The number of nitrogens with one attached hydrogen (secondary N) is 1. The van der Waals surface area contributed by atoms with Crippen molar-refractivity contribution >= 4 is 21.4 Å². The van der Waals surface area contributed by atoms with Gasteiger partial charge in [0.2, 0.25) is 10.1 Å². The molecule has 5 heteroatoms. The highest BCUT2D eigenvalue weighted by Gasteiger charge is 2.21. The zero-order chi connectivity index (χ0) is 12.7. The predicted octanol–water partition coefficient (Wildman–Crippen LogP) is 3.28. The van der Waals surface area contributed by atoms with E-state index in [9.17, 15) is 0 Å². The highest BCUT2D eigenvalue weighted by Crippen LogP contribution is 2.30. The molecule has 0 bridgehead atoms. The normalized spacial score (nSPS) is 14.9. The van der Waals surface area contributed by atoms with E-state index in [0.717, 1.165) is 33.8 Å². The van der Waals surface area contributed by atoms with Crippen molar-refractivity contribution < 1.29 is 0 Å². The van der Waals surface area contributed by atoms with Gasteiger partial charge in [0.25, 0.3) is 0 Å². The molecule has 0 saturated heterocycles. The lowest BCUT2D eigenvalue weighted by Crippen LogP contribution is -2.03. The van der Waals surface area contributed by atoms with E-state index in [2.05, 4.69) is 27.5 Å². The zero-order valence-corrected chi connectivity index (χ0v) is 11.2. The molecule has 0 spiro atoms. The minimum atomic E-state index is 0.852. The van der Waals surface area contributed by atoms with Crippen LogP contribution in [0.2, 0.25) is 0 Å². The molecular weight excluding hydrogens is 256 g/mol. The van der Waals surface area contributed by atoms with Crippen LogP contribution in [0.4, 0.5) is 5.13 Å². The predicted molar refractivity (Wildman–Crippen MR) is 77.5 cm³/mol. The molecule has 3 aromatic rings. The van der Waals surface area contributed by atoms with Gasteiger partial charge in [0.1, 0.15) is 0 Å². The molecule has 19 heavy (non-hydrogen) atoms. The fourth-order valence-corrected chi connectivity index (χ4v) is 2.91. The van der Waals surface area contributed by atoms with Gasteiger partial charge < -0.3 is 5.32 Å². The van der Waals surface area contributed by atoms with E-state index in [1.807, 2.05) is 28.9 Å². The summed E-state index contributed by atoms with van der Waals surface area (Å²) in [5.74, 6) is 0.852. The summed E-state index contributed by atoms with van der Waals surface area (Å²) in [5, 5.41) is 8.98. The maximum Gasteiger partial charge on any atom is 0.214 e. The Balaban J connectivity index is 1.67. The summed E-state index contributed by atoms with van der Waals surface area (Å²) < 4.78 is 1.93. The van der Waals surface area contributed by atoms with Gasteiger partial charge in [-0.1, -0.05) is 41.7 Å².